The molecule has 0 spiro atoms. The van der Waals surface area contributed by atoms with Gasteiger partial charge in [-0.15, -0.1) is 5.10 Å². The summed E-state index contributed by atoms with van der Waals surface area (Å²) < 4.78 is 21.5. The number of aryl methyl sites for hydroxylation is 1. The average Bonchev–Trinajstić information content (AvgIpc) is 3.44. The van der Waals surface area contributed by atoms with Gasteiger partial charge in [0.15, 0.2) is 0 Å². The van der Waals surface area contributed by atoms with Crippen LogP contribution in [-0.4, -0.2) is 62.1 Å². The molecule has 1 aliphatic heterocycles. The Morgan fingerprint density at radius 1 is 1.12 bits per heavy atom. The van der Waals surface area contributed by atoms with Gasteiger partial charge >= 0.3 is 0 Å². The maximum atomic E-state index is 13.8. The predicted octanol–water partition coefficient (Wildman–Crippen LogP) is 2.92. The number of nitrogens with zero attached hydrogens (tertiary/aromatic N) is 6. The Morgan fingerprint density at radius 2 is 1.88 bits per heavy atom. The van der Waals surface area contributed by atoms with Crippen molar-refractivity contribution in [3.05, 3.63) is 60.1 Å². The third-order valence-electron chi connectivity index (χ3n) is 6.67. The van der Waals surface area contributed by atoms with Gasteiger partial charge in [-0.3, -0.25) is 4.79 Å². The van der Waals surface area contributed by atoms with Crippen LogP contribution in [-0.2, 0) is 4.74 Å². The maximum absolute atomic E-state index is 13.8. The van der Waals surface area contributed by atoms with Crippen molar-refractivity contribution in [3.63, 3.8) is 0 Å². The molecule has 1 saturated heterocycles. The van der Waals surface area contributed by atoms with Gasteiger partial charge in [-0.25, -0.2) is 19.0 Å². The van der Waals surface area contributed by atoms with Crippen LogP contribution in [0, 0.1) is 24.6 Å². The molecule has 1 saturated carbocycles. The first-order chi connectivity index (χ1) is 15.5. The smallest absolute Gasteiger partial charge is 0.253 e. The van der Waals surface area contributed by atoms with Crippen LogP contribution in [0.25, 0.3) is 11.3 Å². The Hall–Kier alpha value is -3.20. The summed E-state index contributed by atoms with van der Waals surface area (Å²) in [6.45, 7) is 3.11. The van der Waals surface area contributed by atoms with Gasteiger partial charge in [-0.05, 0) is 55.4 Å². The molecule has 2 fully saturated rings. The van der Waals surface area contributed by atoms with E-state index in [0.717, 1.165) is 24.0 Å². The number of benzene rings is 1. The van der Waals surface area contributed by atoms with Crippen molar-refractivity contribution < 1.29 is 13.9 Å². The number of amides is 1. The molecule has 8 nitrogen and oxygen atoms in total. The first kappa shape index (κ1) is 20.7. The number of fused-ring (bicyclic) bond motifs is 1. The quantitative estimate of drug-likeness (QED) is 0.625. The Kier molecular flexibility index (Phi) is 5.42. The summed E-state index contributed by atoms with van der Waals surface area (Å²) >= 11 is 0. The molecule has 3 aromatic rings. The fraction of sp³-hybridized carbons (Fsp3) is 0.435. The minimum Gasteiger partial charge on any atom is -0.379 e. The maximum Gasteiger partial charge on any atom is 0.253 e. The van der Waals surface area contributed by atoms with E-state index in [0.29, 0.717) is 36.2 Å². The summed E-state index contributed by atoms with van der Waals surface area (Å²) in [5.74, 6) is 0.188. The SMILES string of the molecule is CO[C@@H]1C[C@H]2CN(C(=O)c3cc(C)cc(F)c3)C[C@H]2C[C@H]1n1cc(-c2cncnc2)nn1. The lowest BCUT2D eigenvalue weighted by molar-refractivity contribution is -0.00545. The molecule has 166 valence electrons. The second-order valence-electron chi connectivity index (χ2n) is 8.77. The van der Waals surface area contributed by atoms with Crippen molar-refractivity contribution >= 4 is 5.91 Å². The van der Waals surface area contributed by atoms with Gasteiger partial charge in [0.05, 0.1) is 18.3 Å². The van der Waals surface area contributed by atoms with Gasteiger partial charge < -0.3 is 9.64 Å². The van der Waals surface area contributed by atoms with Gasteiger partial charge in [-0.1, -0.05) is 5.21 Å². The molecule has 1 aromatic carbocycles. The first-order valence-electron chi connectivity index (χ1n) is 10.8. The molecule has 2 aromatic heterocycles. The highest BCUT2D eigenvalue weighted by molar-refractivity contribution is 5.94. The van der Waals surface area contributed by atoms with Crippen molar-refractivity contribution in [1.29, 1.82) is 0 Å². The number of carbonyl (C=O) groups excluding carboxylic acids is 1. The van der Waals surface area contributed by atoms with Crippen LogP contribution in [0.4, 0.5) is 4.39 Å². The highest BCUT2D eigenvalue weighted by Gasteiger charge is 2.44. The topological polar surface area (TPSA) is 86.0 Å². The summed E-state index contributed by atoms with van der Waals surface area (Å²) in [6.07, 6.45) is 8.45. The molecule has 1 aliphatic carbocycles. The standard InChI is InChI=1S/C23H25FN6O2/c1-14-3-15(5-19(24)4-14)23(31)29-10-16-6-21(22(32-2)7-17(16)11-29)30-12-20(27-28-30)18-8-25-13-26-9-18/h3-5,8-9,12-13,16-17,21-22H,6-7,10-11H2,1-2H3/t16-,17+,21-,22-/m1/s1. The van der Waals surface area contributed by atoms with E-state index in [1.54, 1.807) is 32.5 Å². The van der Waals surface area contributed by atoms with E-state index in [-0.39, 0.29) is 23.9 Å². The van der Waals surface area contributed by atoms with Crippen LogP contribution >= 0.6 is 0 Å². The molecule has 0 unspecified atom stereocenters. The molecule has 5 rings (SSSR count). The van der Waals surface area contributed by atoms with E-state index in [9.17, 15) is 9.18 Å². The summed E-state index contributed by atoms with van der Waals surface area (Å²) in [4.78, 5) is 23.0. The van der Waals surface area contributed by atoms with Gasteiger partial charge in [0.1, 0.15) is 17.8 Å². The predicted molar refractivity (Wildman–Crippen MR) is 114 cm³/mol. The lowest BCUT2D eigenvalue weighted by Crippen LogP contribution is -2.37. The monoisotopic (exact) mass is 436 g/mol. The molecule has 4 atom stereocenters. The number of halogens is 1. The van der Waals surface area contributed by atoms with Crippen LogP contribution in [0.1, 0.15) is 34.8 Å². The number of aromatic nitrogens is 5. The van der Waals surface area contributed by atoms with E-state index < -0.39 is 0 Å². The molecule has 32 heavy (non-hydrogen) atoms. The van der Waals surface area contributed by atoms with Gasteiger partial charge in [0.25, 0.3) is 5.91 Å². The number of hydrogen-bond acceptors (Lipinski definition) is 6. The van der Waals surface area contributed by atoms with E-state index in [2.05, 4.69) is 20.3 Å². The van der Waals surface area contributed by atoms with Crippen molar-refractivity contribution in [1.82, 2.24) is 29.9 Å². The van der Waals surface area contributed by atoms with Gasteiger partial charge in [-0.2, -0.15) is 0 Å². The van der Waals surface area contributed by atoms with Gasteiger partial charge in [0.2, 0.25) is 0 Å². The Bertz CT molecular complexity index is 1100. The lowest BCUT2D eigenvalue weighted by atomic mass is 9.77. The van der Waals surface area contributed by atoms with Gasteiger partial charge in [0, 0.05) is 43.7 Å². The van der Waals surface area contributed by atoms with Crippen molar-refractivity contribution in [2.24, 2.45) is 11.8 Å². The van der Waals surface area contributed by atoms with E-state index in [1.807, 2.05) is 15.8 Å². The molecule has 3 heterocycles. The number of hydrogen-bond donors (Lipinski definition) is 0. The first-order valence-corrected chi connectivity index (χ1v) is 10.8. The summed E-state index contributed by atoms with van der Waals surface area (Å²) in [5.41, 5.74) is 2.68. The molecule has 0 N–H and O–H groups in total. The zero-order valence-electron chi connectivity index (χ0n) is 18.1. The molecular weight excluding hydrogens is 411 g/mol. The van der Waals surface area contributed by atoms with E-state index in [1.165, 1.54) is 18.5 Å². The number of rotatable bonds is 4. The minimum atomic E-state index is -0.379. The van der Waals surface area contributed by atoms with E-state index >= 15 is 0 Å². The summed E-state index contributed by atoms with van der Waals surface area (Å²) in [7, 11) is 1.72. The molecular formula is C23H25FN6O2. The van der Waals surface area contributed by atoms with Crippen LogP contribution in [0.3, 0.4) is 0 Å². The highest BCUT2D eigenvalue weighted by Crippen LogP contribution is 2.42. The minimum absolute atomic E-state index is 0.0238. The molecule has 2 aliphatic rings. The average molecular weight is 436 g/mol. The van der Waals surface area contributed by atoms with Crippen LogP contribution in [0.2, 0.25) is 0 Å². The van der Waals surface area contributed by atoms with Crippen molar-refractivity contribution in [2.75, 3.05) is 20.2 Å². The van der Waals surface area contributed by atoms with Crippen molar-refractivity contribution in [2.45, 2.75) is 31.9 Å². The zero-order chi connectivity index (χ0) is 22.2. The van der Waals surface area contributed by atoms with E-state index in [4.69, 9.17) is 4.74 Å². The number of methoxy groups -OCH3 is 1. The normalized spacial score (nSPS) is 25.0. The van der Waals surface area contributed by atoms with Crippen LogP contribution in [0.15, 0.2) is 43.1 Å². The Balaban J connectivity index is 1.33. The third-order valence-corrected chi connectivity index (χ3v) is 6.67. The number of carbonyl (C=O) groups is 1. The lowest BCUT2D eigenvalue weighted by Gasteiger charge is -2.36. The Labute approximate surface area is 185 Å². The Morgan fingerprint density at radius 3 is 2.59 bits per heavy atom. The van der Waals surface area contributed by atoms with Crippen LogP contribution in [0.5, 0.6) is 0 Å². The number of ether oxygens (including phenoxy) is 1. The second-order valence-corrected chi connectivity index (χ2v) is 8.77. The molecule has 1 amide bonds. The molecule has 0 bridgehead atoms. The largest absolute Gasteiger partial charge is 0.379 e. The van der Waals surface area contributed by atoms with Crippen molar-refractivity contribution in [3.8, 4) is 11.3 Å². The van der Waals surface area contributed by atoms with Crippen LogP contribution < -0.4 is 0 Å². The molecule has 0 radical (unpaired) electrons. The summed E-state index contributed by atoms with van der Waals surface area (Å²) in [6, 6.07) is 4.53. The fourth-order valence-corrected chi connectivity index (χ4v) is 5.13. The zero-order valence-corrected chi connectivity index (χ0v) is 18.1. The molecule has 9 heteroatoms. The fourth-order valence-electron chi connectivity index (χ4n) is 5.13. The highest BCUT2D eigenvalue weighted by atomic mass is 19.1. The third kappa shape index (κ3) is 3.88. The summed E-state index contributed by atoms with van der Waals surface area (Å²) in [5, 5.41) is 8.65. The number of likely N-dealkylation sites (tertiary alicyclic amines) is 1. The second kappa shape index (κ2) is 8.38.